The summed E-state index contributed by atoms with van der Waals surface area (Å²) in [6.07, 6.45) is 0. The Balaban J connectivity index is 1.60. The largest absolute Gasteiger partial charge is 0.431 e. The van der Waals surface area contributed by atoms with Gasteiger partial charge in [-0.2, -0.15) is 0 Å². The first-order valence-electron chi connectivity index (χ1n) is 9.21. The summed E-state index contributed by atoms with van der Waals surface area (Å²) in [6.45, 7) is 1.39. The van der Waals surface area contributed by atoms with E-state index < -0.39 is 0 Å². The van der Waals surface area contributed by atoms with Gasteiger partial charge in [0.25, 0.3) is 5.22 Å². The fourth-order valence-electron chi connectivity index (χ4n) is 2.95. The molecule has 29 heavy (non-hydrogen) atoms. The first kappa shape index (κ1) is 19.0. The van der Waals surface area contributed by atoms with Gasteiger partial charge in [0.2, 0.25) is 0 Å². The van der Waals surface area contributed by atoms with E-state index >= 15 is 0 Å². The van der Waals surface area contributed by atoms with Gasteiger partial charge in [-0.15, -0.1) is 0 Å². The van der Waals surface area contributed by atoms with E-state index in [0.717, 1.165) is 28.1 Å². The third kappa shape index (κ3) is 4.76. The van der Waals surface area contributed by atoms with Crippen LogP contribution in [0.1, 0.15) is 12.5 Å². The van der Waals surface area contributed by atoms with Crippen LogP contribution in [0.2, 0.25) is 0 Å². The molecule has 0 saturated heterocycles. The van der Waals surface area contributed by atoms with E-state index in [9.17, 15) is 4.79 Å². The average molecular weight is 401 g/mol. The second kappa shape index (κ2) is 8.80. The van der Waals surface area contributed by atoms with E-state index in [0.29, 0.717) is 16.7 Å². The molecule has 4 nitrogen and oxygen atoms in total. The van der Waals surface area contributed by atoms with Gasteiger partial charge in [-0.25, -0.2) is 4.98 Å². The van der Waals surface area contributed by atoms with Crippen LogP contribution in [-0.2, 0) is 10.5 Å². The van der Waals surface area contributed by atoms with Gasteiger partial charge < -0.3 is 9.15 Å². The lowest BCUT2D eigenvalue weighted by atomic mass is 10.1. The molecule has 0 unspecified atom stereocenters. The Morgan fingerprint density at radius 3 is 2.31 bits per heavy atom. The minimum absolute atomic E-state index is 0.331. The summed E-state index contributed by atoms with van der Waals surface area (Å²) >= 11 is 1.51. The quantitative estimate of drug-likeness (QED) is 0.218. The number of aromatic nitrogens is 1. The van der Waals surface area contributed by atoms with Crippen molar-refractivity contribution < 1.29 is 13.9 Å². The highest BCUT2D eigenvalue weighted by Gasteiger charge is 2.17. The molecular formula is C24H19NO3S. The van der Waals surface area contributed by atoms with Gasteiger partial charge >= 0.3 is 5.97 Å². The summed E-state index contributed by atoms with van der Waals surface area (Å²) in [5.41, 5.74) is 3.85. The molecule has 5 heteroatoms. The molecule has 0 atom stereocenters. The molecule has 3 aromatic carbocycles. The molecule has 1 aromatic heterocycles. The number of rotatable bonds is 6. The van der Waals surface area contributed by atoms with Crippen LogP contribution < -0.4 is 4.74 Å². The Kier molecular flexibility index (Phi) is 5.77. The van der Waals surface area contributed by atoms with E-state index in [-0.39, 0.29) is 5.97 Å². The maximum Gasteiger partial charge on any atom is 0.308 e. The van der Waals surface area contributed by atoms with E-state index in [2.05, 4.69) is 0 Å². The summed E-state index contributed by atoms with van der Waals surface area (Å²) < 4.78 is 11.3. The molecule has 4 rings (SSSR count). The molecule has 0 amide bonds. The molecule has 0 spiro atoms. The van der Waals surface area contributed by atoms with Crippen molar-refractivity contribution in [1.29, 1.82) is 0 Å². The van der Waals surface area contributed by atoms with Crippen LogP contribution in [0.25, 0.3) is 22.6 Å². The van der Waals surface area contributed by atoms with Crippen molar-refractivity contribution in [3.8, 4) is 28.3 Å². The maximum absolute atomic E-state index is 11.2. The highest BCUT2D eigenvalue weighted by molar-refractivity contribution is 7.98. The van der Waals surface area contributed by atoms with Crippen LogP contribution in [0.5, 0.6) is 5.75 Å². The predicted octanol–water partition coefficient (Wildman–Crippen LogP) is 6.23. The molecular weight excluding hydrogens is 382 g/mol. The summed E-state index contributed by atoms with van der Waals surface area (Å²) in [6, 6.07) is 27.5. The van der Waals surface area contributed by atoms with Crippen LogP contribution in [0.3, 0.4) is 0 Å². The molecule has 0 fully saturated rings. The van der Waals surface area contributed by atoms with Crippen molar-refractivity contribution in [3.05, 3.63) is 90.5 Å². The highest BCUT2D eigenvalue weighted by atomic mass is 32.2. The zero-order chi connectivity index (χ0) is 20.1. The highest BCUT2D eigenvalue weighted by Crippen LogP contribution is 2.36. The molecule has 144 valence electrons. The topological polar surface area (TPSA) is 52.3 Å². The maximum atomic E-state index is 11.2. The van der Waals surface area contributed by atoms with Crippen LogP contribution in [0.15, 0.2) is 94.6 Å². The lowest BCUT2D eigenvalue weighted by molar-refractivity contribution is -0.131. The van der Waals surface area contributed by atoms with Crippen LogP contribution in [0.4, 0.5) is 0 Å². The Hall–Kier alpha value is -3.31. The second-order valence-electron chi connectivity index (χ2n) is 6.42. The molecule has 1 heterocycles. The van der Waals surface area contributed by atoms with E-state index in [1.165, 1.54) is 18.7 Å². The van der Waals surface area contributed by atoms with Crippen LogP contribution in [-0.4, -0.2) is 11.0 Å². The van der Waals surface area contributed by atoms with Crippen molar-refractivity contribution >= 4 is 17.7 Å². The third-order valence-corrected chi connectivity index (χ3v) is 5.11. The number of nitrogens with zero attached hydrogens (tertiary/aromatic N) is 1. The molecule has 4 aromatic rings. The van der Waals surface area contributed by atoms with Crippen molar-refractivity contribution in [2.75, 3.05) is 0 Å². The third-order valence-electron chi connectivity index (χ3n) is 4.21. The Morgan fingerprint density at radius 2 is 1.62 bits per heavy atom. The molecule has 0 aliphatic rings. The number of carbonyl (C=O) groups excluding carboxylic acids is 1. The van der Waals surface area contributed by atoms with Crippen molar-refractivity contribution in [1.82, 2.24) is 4.98 Å². The first-order chi connectivity index (χ1) is 14.2. The average Bonchev–Trinajstić information content (AvgIpc) is 3.18. The van der Waals surface area contributed by atoms with Crippen molar-refractivity contribution in [2.45, 2.75) is 17.9 Å². The van der Waals surface area contributed by atoms with E-state index in [1.54, 1.807) is 6.07 Å². The van der Waals surface area contributed by atoms with Gasteiger partial charge in [-0.3, -0.25) is 4.79 Å². The number of benzene rings is 3. The van der Waals surface area contributed by atoms with Gasteiger partial charge in [0.15, 0.2) is 5.76 Å². The van der Waals surface area contributed by atoms with Gasteiger partial charge in [0.05, 0.1) is 0 Å². The molecule has 0 bridgehead atoms. The standard InChI is InChI=1S/C24H19NO3S/c1-17(26)27-21-14-8-9-18(15-21)16-29-24-25-22(19-10-4-2-5-11-19)23(28-24)20-12-6-3-7-13-20/h2-15H,16H2,1H3. The predicted molar refractivity (Wildman–Crippen MR) is 115 cm³/mol. The van der Waals surface area contributed by atoms with E-state index in [4.69, 9.17) is 14.1 Å². The monoisotopic (exact) mass is 401 g/mol. The van der Waals surface area contributed by atoms with Crippen molar-refractivity contribution in [2.24, 2.45) is 0 Å². The van der Waals surface area contributed by atoms with Gasteiger partial charge in [0, 0.05) is 23.8 Å². The number of carbonyl (C=O) groups is 1. The number of hydrogen-bond acceptors (Lipinski definition) is 5. The lowest BCUT2D eigenvalue weighted by Crippen LogP contribution is -2.01. The van der Waals surface area contributed by atoms with Crippen LogP contribution in [0, 0.1) is 0 Å². The Labute approximate surface area is 173 Å². The molecule has 0 N–H and O–H groups in total. The zero-order valence-electron chi connectivity index (χ0n) is 15.9. The SMILES string of the molecule is CC(=O)Oc1cccc(CSc2nc(-c3ccccc3)c(-c3ccccc3)o2)c1. The van der Waals surface area contributed by atoms with E-state index in [1.807, 2.05) is 78.9 Å². The fraction of sp³-hybridized carbons (Fsp3) is 0.0833. The first-order valence-corrected chi connectivity index (χ1v) is 10.2. The number of thioether (sulfide) groups is 1. The van der Waals surface area contributed by atoms with Gasteiger partial charge in [0.1, 0.15) is 11.4 Å². The summed E-state index contributed by atoms with van der Waals surface area (Å²) in [5, 5.41) is 0.598. The molecule has 0 radical (unpaired) electrons. The zero-order valence-corrected chi connectivity index (χ0v) is 16.7. The minimum atomic E-state index is -0.331. The van der Waals surface area contributed by atoms with Gasteiger partial charge in [-0.1, -0.05) is 84.6 Å². The van der Waals surface area contributed by atoms with Gasteiger partial charge in [-0.05, 0) is 17.7 Å². The normalized spacial score (nSPS) is 10.7. The molecule has 0 saturated carbocycles. The summed E-state index contributed by atoms with van der Waals surface area (Å²) in [5.74, 6) is 1.62. The Morgan fingerprint density at radius 1 is 0.931 bits per heavy atom. The number of oxazole rings is 1. The molecule has 0 aliphatic carbocycles. The Bertz CT molecular complexity index is 1050. The lowest BCUT2D eigenvalue weighted by Gasteiger charge is -2.03. The number of ether oxygens (including phenoxy) is 1. The second-order valence-corrected chi connectivity index (χ2v) is 7.35. The number of hydrogen-bond donors (Lipinski definition) is 0. The smallest absolute Gasteiger partial charge is 0.308 e. The molecule has 0 aliphatic heterocycles. The summed E-state index contributed by atoms with van der Waals surface area (Å²) in [4.78, 5) is 15.9. The van der Waals surface area contributed by atoms with Crippen molar-refractivity contribution in [3.63, 3.8) is 0 Å². The fourth-order valence-corrected chi connectivity index (χ4v) is 3.72. The van der Waals surface area contributed by atoms with Crippen LogP contribution >= 0.6 is 11.8 Å². The minimum Gasteiger partial charge on any atom is -0.431 e. The number of esters is 1. The summed E-state index contributed by atoms with van der Waals surface area (Å²) in [7, 11) is 0.